The van der Waals surface area contributed by atoms with Gasteiger partial charge in [-0.15, -0.1) is 0 Å². The minimum atomic E-state index is -3.58. The van der Waals surface area contributed by atoms with Gasteiger partial charge in [-0.3, -0.25) is 4.79 Å². The fourth-order valence-electron chi connectivity index (χ4n) is 3.08. The molecule has 0 radical (unpaired) electrons. The fourth-order valence-corrected chi connectivity index (χ4v) is 4.00. The number of aryl methyl sites for hydroxylation is 3. The van der Waals surface area contributed by atoms with Crippen LogP contribution in [0.15, 0.2) is 36.4 Å². The van der Waals surface area contributed by atoms with Gasteiger partial charge in [0.2, 0.25) is 15.9 Å². The molecule has 1 N–H and O–H groups in total. The van der Waals surface area contributed by atoms with Crippen LogP contribution >= 0.6 is 11.6 Å². The molecule has 7 heteroatoms. The summed E-state index contributed by atoms with van der Waals surface area (Å²) in [5.41, 5.74) is 5.11. The molecule has 152 valence electrons. The van der Waals surface area contributed by atoms with Crippen LogP contribution < -0.4 is 5.32 Å². The van der Waals surface area contributed by atoms with Gasteiger partial charge in [0.05, 0.1) is 18.8 Å². The van der Waals surface area contributed by atoms with Crippen LogP contribution in [-0.2, 0) is 21.4 Å². The van der Waals surface area contributed by atoms with E-state index >= 15 is 0 Å². The third-order valence-electron chi connectivity index (χ3n) is 4.82. The van der Waals surface area contributed by atoms with Crippen LogP contribution in [-0.4, -0.2) is 31.4 Å². The zero-order valence-corrected chi connectivity index (χ0v) is 18.5. The van der Waals surface area contributed by atoms with E-state index in [2.05, 4.69) is 17.4 Å². The van der Waals surface area contributed by atoms with Gasteiger partial charge < -0.3 is 5.32 Å². The molecule has 0 saturated heterocycles. The second-order valence-corrected chi connectivity index (χ2v) is 9.59. The summed E-state index contributed by atoms with van der Waals surface area (Å²) >= 11 is 6.14. The molecule has 0 aromatic heterocycles. The first kappa shape index (κ1) is 22.4. The van der Waals surface area contributed by atoms with Crippen LogP contribution in [0.25, 0.3) is 0 Å². The van der Waals surface area contributed by atoms with Crippen molar-refractivity contribution in [1.82, 2.24) is 9.62 Å². The zero-order chi connectivity index (χ0) is 21.1. The molecule has 1 atom stereocenters. The molecule has 0 fully saturated rings. The third kappa shape index (κ3) is 5.80. The summed E-state index contributed by atoms with van der Waals surface area (Å²) in [5.74, 6) is -0.359. The summed E-state index contributed by atoms with van der Waals surface area (Å²) in [4.78, 5) is 12.6. The van der Waals surface area contributed by atoms with E-state index in [4.69, 9.17) is 11.6 Å². The molecule has 0 spiro atoms. The second-order valence-electron chi connectivity index (χ2n) is 7.20. The first-order valence-electron chi connectivity index (χ1n) is 9.04. The summed E-state index contributed by atoms with van der Waals surface area (Å²) in [7, 11) is -3.58. The molecular formula is C21H27ClN2O3S. The number of nitrogens with zero attached hydrogens (tertiary/aromatic N) is 1. The summed E-state index contributed by atoms with van der Waals surface area (Å²) in [6, 6.07) is 10.9. The number of hydrogen-bond donors (Lipinski definition) is 1. The molecule has 5 nitrogen and oxygen atoms in total. The van der Waals surface area contributed by atoms with E-state index in [-0.39, 0.29) is 25.0 Å². The molecule has 0 unspecified atom stereocenters. The normalized spacial score (nSPS) is 12.8. The molecule has 0 saturated carbocycles. The minimum Gasteiger partial charge on any atom is -0.348 e. The van der Waals surface area contributed by atoms with E-state index in [1.807, 2.05) is 27.7 Å². The Bertz CT molecular complexity index is 974. The maximum atomic E-state index is 12.6. The molecule has 1 amide bonds. The van der Waals surface area contributed by atoms with Crippen LogP contribution in [0.3, 0.4) is 0 Å². The Morgan fingerprint density at radius 2 is 1.71 bits per heavy atom. The number of carbonyl (C=O) groups excluding carboxylic acids is 1. The highest BCUT2D eigenvalue weighted by atomic mass is 35.5. The number of benzene rings is 2. The molecule has 2 rings (SSSR count). The quantitative estimate of drug-likeness (QED) is 0.735. The Morgan fingerprint density at radius 1 is 1.11 bits per heavy atom. The number of halogens is 1. The Balaban J connectivity index is 2.14. The van der Waals surface area contributed by atoms with Gasteiger partial charge >= 0.3 is 0 Å². The van der Waals surface area contributed by atoms with E-state index in [9.17, 15) is 13.2 Å². The summed E-state index contributed by atoms with van der Waals surface area (Å²) in [5, 5.41) is 3.38. The van der Waals surface area contributed by atoms with Gasteiger partial charge in [0.25, 0.3) is 0 Å². The highest BCUT2D eigenvalue weighted by Crippen LogP contribution is 2.22. The zero-order valence-electron chi connectivity index (χ0n) is 16.9. The Morgan fingerprint density at radius 3 is 2.32 bits per heavy atom. The summed E-state index contributed by atoms with van der Waals surface area (Å²) in [6.07, 6.45) is 1.09. The van der Waals surface area contributed by atoms with Crippen LogP contribution in [0, 0.1) is 20.8 Å². The lowest BCUT2D eigenvalue weighted by atomic mass is 9.96. The van der Waals surface area contributed by atoms with Crippen molar-refractivity contribution in [3.8, 4) is 0 Å². The van der Waals surface area contributed by atoms with Gasteiger partial charge in [-0.2, -0.15) is 4.31 Å². The lowest BCUT2D eigenvalue weighted by molar-refractivity contribution is -0.122. The average molecular weight is 423 g/mol. The smallest absolute Gasteiger partial charge is 0.235 e. The van der Waals surface area contributed by atoms with Crippen molar-refractivity contribution in [1.29, 1.82) is 0 Å². The third-order valence-corrected chi connectivity index (χ3v) is 6.38. The van der Waals surface area contributed by atoms with Crippen molar-refractivity contribution in [2.75, 3.05) is 12.8 Å². The fraction of sp³-hybridized carbons (Fsp3) is 0.381. The first-order chi connectivity index (χ1) is 13.0. The molecular weight excluding hydrogens is 396 g/mol. The van der Waals surface area contributed by atoms with Crippen LogP contribution in [0.1, 0.15) is 40.8 Å². The lowest BCUT2D eigenvalue weighted by Crippen LogP contribution is -2.40. The van der Waals surface area contributed by atoms with Crippen molar-refractivity contribution >= 4 is 27.5 Å². The minimum absolute atomic E-state index is 0.0446. The highest BCUT2D eigenvalue weighted by Gasteiger charge is 2.23. The number of hydrogen-bond acceptors (Lipinski definition) is 3. The SMILES string of the molecule is Cc1cc(C)c([C@H](C)NC(=O)CN(Cc2ccccc2Cl)S(C)(=O)=O)cc1C. The van der Waals surface area contributed by atoms with Crippen molar-refractivity contribution in [2.24, 2.45) is 0 Å². The molecule has 0 heterocycles. The molecule has 2 aromatic carbocycles. The molecule has 0 aliphatic heterocycles. The number of rotatable bonds is 7. The van der Waals surface area contributed by atoms with E-state index in [1.54, 1.807) is 24.3 Å². The van der Waals surface area contributed by atoms with Gasteiger partial charge in [-0.25, -0.2) is 8.42 Å². The number of nitrogens with one attached hydrogen (secondary N) is 1. The van der Waals surface area contributed by atoms with Crippen LogP contribution in [0.4, 0.5) is 0 Å². The van der Waals surface area contributed by atoms with Gasteiger partial charge in [-0.1, -0.05) is 41.9 Å². The van der Waals surface area contributed by atoms with E-state index in [0.717, 1.165) is 27.3 Å². The van der Waals surface area contributed by atoms with Gasteiger partial charge in [-0.05, 0) is 61.6 Å². The van der Waals surface area contributed by atoms with E-state index in [1.165, 1.54) is 5.56 Å². The molecule has 2 aromatic rings. The largest absolute Gasteiger partial charge is 0.348 e. The second kappa shape index (κ2) is 9.07. The lowest BCUT2D eigenvalue weighted by Gasteiger charge is -2.23. The molecule has 0 aliphatic rings. The van der Waals surface area contributed by atoms with Gasteiger partial charge in [0.1, 0.15) is 0 Å². The molecule has 28 heavy (non-hydrogen) atoms. The highest BCUT2D eigenvalue weighted by molar-refractivity contribution is 7.88. The monoisotopic (exact) mass is 422 g/mol. The summed E-state index contributed by atoms with van der Waals surface area (Å²) < 4.78 is 25.5. The first-order valence-corrected chi connectivity index (χ1v) is 11.3. The number of sulfonamides is 1. The van der Waals surface area contributed by atoms with Gasteiger partial charge in [0.15, 0.2) is 0 Å². The van der Waals surface area contributed by atoms with Crippen molar-refractivity contribution in [3.63, 3.8) is 0 Å². The number of amides is 1. The molecule has 0 aliphatic carbocycles. The standard InChI is InChI=1S/C21H27ClN2O3S/c1-14-10-16(3)19(11-15(14)2)17(4)23-21(25)13-24(28(5,26)27)12-18-8-6-7-9-20(18)22/h6-11,17H,12-13H2,1-5H3,(H,23,25)/t17-/m0/s1. The van der Waals surface area contributed by atoms with Crippen LogP contribution in [0.2, 0.25) is 5.02 Å². The Labute approximate surface area is 172 Å². The predicted octanol–water partition coefficient (Wildman–Crippen LogP) is 3.90. The number of carbonyl (C=O) groups is 1. The molecule has 0 bridgehead atoms. The van der Waals surface area contributed by atoms with Crippen molar-refractivity contribution in [3.05, 3.63) is 69.2 Å². The summed E-state index contributed by atoms with van der Waals surface area (Å²) in [6.45, 7) is 7.76. The van der Waals surface area contributed by atoms with E-state index in [0.29, 0.717) is 10.6 Å². The van der Waals surface area contributed by atoms with Crippen molar-refractivity contribution < 1.29 is 13.2 Å². The maximum absolute atomic E-state index is 12.6. The van der Waals surface area contributed by atoms with Gasteiger partial charge in [0, 0.05) is 11.6 Å². The average Bonchev–Trinajstić information content (AvgIpc) is 2.58. The Kier molecular flexibility index (Phi) is 7.26. The Hall–Kier alpha value is -1.89. The van der Waals surface area contributed by atoms with Crippen LogP contribution in [0.5, 0.6) is 0 Å². The van der Waals surface area contributed by atoms with E-state index < -0.39 is 10.0 Å². The maximum Gasteiger partial charge on any atom is 0.235 e. The topological polar surface area (TPSA) is 66.5 Å². The van der Waals surface area contributed by atoms with Crippen molar-refractivity contribution in [2.45, 2.75) is 40.3 Å². The predicted molar refractivity (Wildman–Crippen MR) is 114 cm³/mol.